The Morgan fingerprint density at radius 2 is 1.67 bits per heavy atom. The lowest BCUT2D eigenvalue weighted by molar-refractivity contribution is 0.829. The van der Waals surface area contributed by atoms with Crippen LogP contribution in [-0.4, -0.2) is 0 Å². The predicted molar refractivity (Wildman–Crippen MR) is 89.6 cm³/mol. The molecule has 1 atom stereocenters. The maximum atomic E-state index is 3.92. The van der Waals surface area contributed by atoms with Gasteiger partial charge in [-0.25, -0.2) is 0 Å². The number of anilines is 1. The second-order valence-electron chi connectivity index (χ2n) is 4.74. The molecule has 2 N–H and O–H groups in total. The third kappa shape index (κ3) is 4.74. The molecule has 0 heterocycles. The Balaban J connectivity index is 1.93. The van der Waals surface area contributed by atoms with Crippen LogP contribution in [0.15, 0.2) is 72.9 Å². The molecule has 2 nitrogen and oxygen atoms in total. The average molecular weight is 276 g/mol. The van der Waals surface area contributed by atoms with Gasteiger partial charge >= 0.3 is 0 Å². The van der Waals surface area contributed by atoms with Crippen LogP contribution in [-0.2, 0) is 0 Å². The van der Waals surface area contributed by atoms with Gasteiger partial charge in [0.25, 0.3) is 0 Å². The second-order valence-corrected chi connectivity index (χ2v) is 4.74. The molecule has 0 aliphatic heterocycles. The minimum atomic E-state index is 0.237. The van der Waals surface area contributed by atoms with E-state index in [1.807, 2.05) is 48.5 Å². The Labute approximate surface area is 126 Å². The summed E-state index contributed by atoms with van der Waals surface area (Å²) in [5.41, 5.74) is 8.97. The number of benzene rings is 2. The van der Waals surface area contributed by atoms with E-state index in [9.17, 15) is 0 Å². The maximum absolute atomic E-state index is 3.92. The normalized spacial score (nSPS) is 10.9. The molecule has 0 saturated carbocycles. The average Bonchev–Trinajstić information content (AvgIpc) is 2.55. The maximum Gasteiger partial charge on any atom is 0.0965 e. The van der Waals surface area contributed by atoms with Crippen LogP contribution in [0.2, 0.25) is 0 Å². The monoisotopic (exact) mass is 276 g/mol. The molecule has 2 rings (SSSR count). The van der Waals surface area contributed by atoms with Crippen LogP contribution in [0, 0.1) is 11.8 Å². The first kappa shape index (κ1) is 14.7. The van der Waals surface area contributed by atoms with Crippen molar-refractivity contribution in [1.82, 2.24) is 5.43 Å². The highest BCUT2D eigenvalue weighted by atomic mass is 15.4. The Bertz CT molecular complexity index is 621. The molecule has 0 bridgehead atoms. The highest BCUT2D eigenvalue weighted by molar-refractivity contribution is 5.43. The van der Waals surface area contributed by atoms with Crippen molar-refractivity contribution in [3.05, 3.63) is 78.5 Å². The van der Waals surface area contributed by atoms with Crippen molar-refractivity contribution in [3.63, 3.8) is 0 Å². The van der Waals surface area contributed by atoms with Gasteiger partial charge in [-0.1, -0.05) is 68.0 Å². The van der Waals surface area contributed by atoms with Crippen molar-refractivity contribution in [2.45, 2.75) is 19.3 Å². The first-order valence-electron chi connectivity index (χ1n) is 7.12. The fraction of sp³-hybridized carbons (Fsp3) is 0.158. The molecule has 2 aromatic carbocycles. The van der Waals surface area contributed by atoms with Crippen LogP contribution in [0.1, 0.15) is 24.8 Å². The van der Waals surface area contributed by atoms with Gasteiger partial charge in [0.15, 0.2) is 0 Å². The fourth-order valence-electron chi connectivity index (χ4n) is 1.98. The molecule has 21 heavy (non-hydrogen) atoms. The number of allylic oxidation sites excluding steroid dienone is 1. The highest BCUT2D eigenvalue weighted by Gasteiger charge is 2.04. The summed E-state index contributed by atoms with van der Waals surface area (Å²) in [6, 6.07) is 20.2. The molecule has 0 amide bonds. The van der Waals surface area contributed by atoms with E-state index in [4.69, 9.17) is 0 Å². The molecular weight excluding hydrogens is 256 g/mol. The number of para-hydroxylation sites is 1. The molecule has 1 unspecified atom stereocenters. The van der Waals surface area contributed by atoms with Gasteiger partial charge in [-0.05, 0) is 30.0 Å². The first-order valence-corrected chi connectivity index (χ1v) is 7.12. The van der Waals surface area contributed by atoms with Gasteiger partial charge in [-0.3, -0.25) is 5.43 Å². The van der Waals surface area contributed by atoms with E-state index in [1.54, 1.807) is 0 Å². The fourth-order valence-corrected chi connectivity index (χ4v) is 1.98. The van der Waals surface area contributed by atoms with Crippen LogP contribution in [0.3, 0.4) is 0 Å². The topological polar surface area (TPSA) is 24.1 Å². The smallest absolute Gasteiger partial charge is 0.0965 e. The lowest BCUT2D eigenvalue weighted by Crippen LogP contribution is -2.19. The van der Waals surface area contributed by atoms with Crippen LogP contribution in [0.4, 0.5) is 5.69 Å². The lowest BCUT2D eigenvalue weighted by Gasteiger charge is -2.09. The standard InChI is InChI=1S/C19H20N2/c1-3-17(18-10-6-4-7-11-18)15-14-16(2)20-21-19-12-8-5-9-13-19/h4-13,17,20-21H,2-3H2,1H3. The zero-order valence-electron chi connectivity index (χ0n) is 12.3. The zero-order chi connectivity index (χ0) is 14.9. The molecule has 0 radical (unpaired) electrons. The van der Waals surface area contributed by atoms with E-state index < -0.39 is 0 Å². The number of nitrogens with one attached hydrogen (secondary N) is 2. The van der Waals surface area contributed by atoms with Crippen LogP contribution < -0.4 is 10.9 Å². The molecule has 0 fully saturated rings. The largest absolute Gasteiger partial charge is 0.300 e. The summed E-state index contributed by atoms with van der Waals surface area (Å²) in [6.45, 7) is 6.07. The van der Waals surface area contributed by atoms with Crippen molar-refractivity contribution in [3.8, 4) is 11.8 Å². The van der Waals surface area contributed by atoms with Gasteiger partial charge in [0.1, 0.15) is 0 Å². The van der Waals surface area contributed by atoms with Crippen LogP contribution >= 0.6 is 0 Å². The third-order valence-electron chi connectivity index (χ3n) is 3.14. The Kier molecular flexibility index (Phi) is 5.49. The molecule has 0 spiro atoms. The summed E-state index contributed by atoms with van der Waals surface area (Å²) in [5, 5.41) is 0. The zero-order valence-corrected chi connectivity index (χ0v) is 12.3. The van der Waals surface area contributed by atoms with E-state index in [0.29, 0.717) is 5.70 Å². The molecular formula is C19H20N2. The number of rotatable bonds is 5. The molecule has 106 valence electrons. The van der Waals surface area contributed by atoms with Gasteiger partial charge in [0.2, 0.25) is 0 Å². The molecule has 0 aliphatic rings. The number of hydrogen-bond donors (Lipinski definition) is 2. The Morgan fingerprint density at radius 3 is 2.29 bits per heavy atom. The van der Waals surface area contributed by atoms with Crippen LogP contribution in [0.25, 0.3) is 0 Å². The van der Waals surface area contributed by atoms with Crippen LogP contribution in [0.5, 0.6) is 0 Å². The summed E-state index contributed by atoms with van der Waals surface area (Å²) in [4.78, 5) is 0. The van der Waals surface area contributed by atoms with Gasteiger partial charge in [0.05, 0.1) is 11.4 Å². The van der Waals surface area contributed by atoms with Crippen molar-refractivity contribution in [2.24, 2.45) is 0 Å². The molecule has 2 heteroatoms. The summed E-state index contributed by atoms with van der Waals surface area (Å²) in [7, 11) is 0. The minimum Gasteiger partial charge on any atom is -0.300 e. The third-order valence-corrected chi connectivity index (χ3v) is 3.14. The van der Waals surface area contributed by atoms with Crippen molar-refractivity contribution in [2.75, 3.05) is 5.43 Å². The Hall–Kier alpha value is -2.66. The Morgan fingerprint density at radius 1 is 1.05 bits per heavy atom. The van der Waals surface area contributed by atoms with Gasteiger partial charge < -0.3 is 5.43 Å². The molecule has 0 aliphatic carbocycles. The van der Waals surface area contributed by atoms with E-state index >= 15 is 0 Å². The molecule has 2 aromatic rings. The van der Waals surface area contributed by atoms with Crippen molar-refractivity contribution < 1.29 is 0 Å². The van der Waals surface area contributed by atoms with Gasteiger partial charge in [-0.2, -0.15) is 0 Å². The quantitative estimate of drug-likeness (QED) is 0.628. The summed E-state index contributed by atoms with van der Waals surface area (Å²) < 4.78 is 0. The predicted octanol–water partition coefficient (Wildman–Crippen LogP) is 4.31. The van der Waals surface area contributed by atoms with E-state index in [1.165, 1.54) is 5.56 Å². The van der Waals surface area contributed by atoms with E-state index in [2.05, 4.69) is 48.3 Å². The SMILES string of the molecule is C=C(C#CC(CC)c1ccccc1)NNc1ccccc1. The van der Waals surface area contributed by atoms with Crippen molar-refractivity contribution >= 4 is 5.69 Å². The van der Waals surface area contributed by atoms with Crippen molar-refractivity contribution in [1.29, 1.82) is 0 Å². The first-order chi connectivity index (χ1) is 10.3. The van der Waals surface area contributed by atoms with E-state index in [-0.39, 0.29) is 5.92 Å². The van der Waals surface area contributed by atoms with Gasteiger partial charge in [-0.15, -0.1) is 0 Å². The highest BCUT2D eigenvalue weighted by Crippen LogP contribution is 2.17. The molecule has 0 aromatic heterocycles. The van der Waals surface area contributed by atoms with E-state index in [0.717, 1.165) is 12.1 Å². The number of hydrogen-bond acceptors (Lipinski definition) is 2. The summed E-state index contributed by atoms with van der Waals surface area (Å²) in [6.07, 6.45) is 0.983. The molecule has 0 saturated heterocycles. The minimum absolute atomic E-state index is 0.237. The second kappa shape index (κ2) is 7.81. The van der Waals surface area contributed by atoms with Gasteiger partial charge in [0, 0.05) is 5.92 Å². The summed E-state index contributed by atoms with van der Waals surface area (Å²) in [5.74, 6) is 6.59. The summed E-state index contributed by atoms with van der Waals surface area (Å²) >= 11 is 0. The number of hydrazine groups is 1. The lowest BCUT2D eigenvalue weighted by atomic mass is 9.97.